The molecule has 8 heteroatoms. The van der Waals surface area contributed by atoms with E-state index in [4.69, 9.17) is 14.6 Å². The largest absolute Gasteiger partial charge is 0.481 e. The van der Waals surface area contributed by atoms with Crippen LogP contribution in [-0.4, -0.2) is 62.9 Å². The van der Waals surface area contributed by atoms with E-state index >= 15 is 0 Å². The second kappa shape index (κ2) is 6.05. The molecular formula is C14H16O7S. The van der Waals surface area contributed by atoms with Crippen molar-refractivity contribution in [2.45, 2.75) is 41.2 Å². The van der Waals surface area contributed by atoms with E-state index < -0.39 is 42.4 Å². The van der Waals surface area contributed by atoms with Crippen molar-refractivity contribution in [3.05, 3.63) is 23.8 Å². The first-order valence-electron chi connectivity index (χ1n) is 6.80. The number of rotatable bonds is 3. The van der Waals surface area contributed by atoms with Gasteiger partial charge in [-0.15, -0.1) is 11.8 Å². The van der Waals surface area contributed by atoms with Crippen LogP contribution in [0.25, 0.3) is 0 Å². The number of thioether (sulfide) groups is 1. The first-order valence-corrected chi connectivity index (χ1v) is 7.68. The maximum Gasteiger partial charge on any atom is 0.307 e. The summed E-state index contributed by atoms with van der Waals surface area (Å²) in [6, 6.07) is 5.01. The predicted molar refractivity (Wildman–Crippen MR) is 75.8 cm³/mol. The molecule has 0 saturated carbocycles. The second-order valence-corrected chi connectivity index (χ2v) is 6.48. The van der Waals surface area contributed by atoms with Crippen molar-refractivity contribution in [2.24, 2.45) is 0 Å². The van der Waals surface area contributed by atoms with Gasteiger partial charge in [-0.05, 0) is 17.7 Å². The zero-order valence-corrected chi connectivity index (χ0v) is 12.3. The molecule has 7 nitrogen and oxygen atoms in total. The standard InChI is InChI=1S/C14H16O7S/c15-5-8-11(18)12(19)13-14(21-8)20-7-2-1-6(4-10(16)17)3-9(7)22-13/h1-3,8,11-15,18-19H,4-5H2,(H,16,17)/t8-,11+,12+,13-,14+/m1/s1. The summed E-state index contributed by atoms with van der Waals surface area (Å²) in [7, 11) is 0. The molecule has 120 valence electrons. The maximum atomic E-state index is 10.8. The first kappa shape index (κ1) is 15.6. The normalized spacial score (nSPS) is 33.5. The number of carbonyl (C=O) groups is 1. The molecule has 0 unspecified atom stereocenters. The average Bonchev–Trinajstić information content (AvgIpc) is 2.49. The molecule has 1 aromatic rings. The summed E-state index contributed by atoms with van der Waals surface area (Å²) in [5.41, 5.74) is 0.626. The van der Waals surface area contributed by atoms with Gasteiger partial charge in [0.05, 0.1) is 17.9 Å². The fourth-order valence-corrected chi connectivity index (χ4v) is 3.85. The lowest BCUT2D eigenvalue weighted by atomic mass is 10.0. The minimum atomic E-state index is -1.20. The average molecular weight is 328 g/mol. The Morgan fingerprint density at radius 3 is 2.73 bits per heavy atom. The summed E-state index contributed by atoms with van der Waals surface area (Å²) in [6.07, 6.45) is -4.10. The van der Waals surface area contributed by atoms with Crippen molar-refractivity contribution in [3.63, 3.8) is 0 Å². The SMILES string of the molecule is O=C(O)Cc1ccc2c(c1)S[C@H]1[C@@H](O2)O[C@H](CO)[C@H](O)[C@@H]1O. The molecular weight excluding hydrogens is 312 g/mol. The maximum absolute atomic E-state index is 10.8. The Kier molecular flexibility index (Phi) is 4.28. The molecule has 0 aromatic heterocycles. The fraction of sp³-hybridized carbons (Fsp3) is 0.500. The molecule has 2 aliphatic heterocycles. The first-order chi connectivity index (χ1) is 10.5. The molecule has 0 amide bonds. The van der Waals surface area contributed by atoms with Crippen LogP contribution in [0.3, 0.4) is 0 Å². The summed E-state index contributed by atoms with van der Waals surface area (Å²) in [5, 5.41) is 37.6. The third-order valence-corrected chi connectivity index (χ3v) is 5.04. The third-order valence-electron chi connectivity index (χ3n) is 3.69. The summed E-state index contributed by atoms with van der Waals surface area (Å²) in [6.45, 7) is -0.417. The van der Waals surface area contributed by atoms with Gasteiger partial charge in [0.1, 0.15) is 29.3 Å². The number of aliphatic hydroxyl groups excluding tert-OH is 3. The molecule has 1 aromatic carbocycles. The summed E-state index contributed by atoms with van der Waals surface area (Å²) < 4.78 is 11.2. The number of ether oxygens (including phenoxy) is 2. The van der Waals surface area contributed by atoms with E-state index in [-0.39, 0.29) is 6.42 Å². The molecule has 1 saturated heterocycles. The van der Waals surface area contributed by atoms with Crippen LogP contribution in [0.2, 0.25) is 0 Å². The van der Waals surface area contributed by atoms with Gasteiger partial charge in [0.2, 0.25) is 6.29 Å². The highest BCUT2D eigenvalue weighted by atomic mass is 32.2. The Morgan fingerprint density at radius 2 is 2.05 bits per heavy atom. The number of carboxylic acid groups (broad SMARTS) is 1. The molecule has 2 aliphatic rings. The minimum absolute atomic E-state index is 0.101. The van der Waals surface area contributed by atoms with E-state index in [1.165, 1.54) is 11.8 Å². The van der Waals surface area contributed by atoms with Gasteiger partial charge in [-0.1, -0.05) is 6.07 Å². The van der Waals surface area contributed by atoms with Gasteiger partial charge < -0.3 is 29.9 Å². The van der Waals surface area contributed by atoms with E-state index in [2.05, 4.69) is 0 Å². The van der Waals surface area contributed by atoms with Gasteiger partial charge in [0.25, 0.3) is 0 Å². The van der Waals surface area contributed by atoms with E-state index in [9.17, 15) is 20.1 Å². The fourth-order valence-electron chi connectivity index (χ4n) is 2.57. The summed E-state index contributed by atoms with van der Waals surface area (Å²) in [4.78, 5) is 11.5. The molecule has 3 rings (SSSR count). The van der Waals surface area contributed by atoms with Crippen LogP contribution in [0, 0.1) is 0 Å². The number of aliphatic carboxylic acids is 1. The van der Waals surface area contributed by atoms with E-state index in [0.717, 1.165) is 0 Å². The number of aliphatic hydroxyl groups is 3. The Morgan fingerprint density at radius 1 is 1.27 bits per heavy atom. The minimum Gasteiger partial charge on any atom is -0.481 e. The summed E-state index contributed by atoms with van der Waals surface area (Å²) >= 11 is 1.27. The highest BCUT2D eigenvalue weighted by Gasteiger charge is 2.48. The zero-order valence-electron chi connectivity index (χ0n) is 11.5. The van der Waals surface area contributed by atoms with Crippen molar-refractivity contribution < 1.29 is 34.7 Å². The van der Waals surface area contributed by atoms with E-state index in [1.807, 2.05) is 0 Å². The topological polar surface area (TPSA) is 116 Å². The molecule has 5 atom stereocenters. The van der Waals surface area contributed by atoms with Crippen molar-refractivity contribution in [1.82, 2.24) is 0 Å². The summed E-state index contributed by atoms with van der Waals surface area (Å²) in [5.74, 6) is -0.400. The Labute approximate surface area is 130 Å². The number of hydrogen-bond donors (Lipinski definition) is 4. The quantitative estimate of drug-likeness (QED) is 0.593. The van der Waals surface area contributed by atoms with Crippen molar-refractivity contribution in [2.75, 3.05) is 6.61 Å². The lowest BCUT2D eigenvalue weighted by Gasteiger charge is -2.44. The molecule has 2 heterocycles. The van der Waals surface area contributed by atoms with Crippen molar-refractivity contribution in [3.8, 4) is 5.75 Å². The van der Waals surface area contributed by atoms with Crippen LogP contribution in [0.4, 0.5) is 0 Å². The second-order valence-electron chi connectivity index (χ2n) is 5.26. The Bertz CT molecular complexity index is 578. The van der Waals surface area contributed by atoms with E-state index in [1.54, 1.807) is 18.2 Å². The zero-order chi connectivity index (χ0) is 15.9. The lowest BCUT2D eigenvalue weighted by molar-refractivity contribution is -0.227. The van der Waals surface area contributed by atoms with Gasteiger partial charge in [0.15, 0.2) is 0 Å². The van der Waals surface area contributed by atoms with Crippen LogP contribution in [0.15, 0.2) is 23.1 Å². The number of benzene rings is 1. The van der Waals surface area contributed by atoms with Gasteiger partial charge in [-0.2, -0.15) is 0 Å². The van der Waals surface area contributed by atoms with Crippen LogP contribution >= 0.6 is 11.8 Å². The monoisotopic (exact) mass is 328 g/mol. The van der Waals surface area contributed by atoms with Crippen LogP contribution < -0.4 is 4.74 Å². The van der Waals surface area contributed by atoms with E-state index in [0.29, 0.717) is 16.2 Å². The lowest BCUT2D eigenvalue weighted by Crippen LogP contribution is -2.59. The van der Waals surface area contributed by atoms with Crippen molar-refractivity contribution >= 4 is 17.7 Å². The smallest absolute Gasteiger partial charge is 0.307 e. The highest BCUT2D eigenvalue weighted by Crippen LogP contribution is 2.44. The molecule has 0 aliphatic carbocycles. The molecule has 1 fully saturated rings. The molecule has 0 spiro atoms. The van der Waals surface area contributed by atoms with Crippen LogP contribution in [0.1, 0.15) is 5.56 Å². The van der Waals surface area contributed by atoms with Gasteiger partial charge in [0, 0.05) is 0 Å². The Balaban J connectivity index is 1.85. The van der Waals surface area contributed by atoms with Crippen molar-refractivity contribution in [1.29, 1.82) is 0 Å². The third kappa shape index (κ3) is 2.80. The molecule has 0 bridgehead atoms. The van der Waals surface area contributed by atoms with Crippen LogP contribution in [0.5, 0.6) is 5.75 Å². The van der Waals surface area contributed by atoms with Gasteiger partial charge >= 0.3 is 5.97 Å². The Hall–Kier alpha value is -1.32. The van der Waals surface area contributed by atoms with Gasteiger partial charge in [-0.25, -0.2) is 0 Å². The van der Waals surface area contributed by atoms with Crippen LogP contribution in [-0.2, 0) is 16.0 Å². The number of fused-ring (bicyclic) bond motifs is 2. The highest BCUT2D eigenvalue weighted by molar-refractivity contribution is 8.00. The number of carboxylic acids is 1. The molecule has 4 N–H and O–H groups in total. The predicted octanol–water partition coefficient (Wildman–Crippen LogP) is -0.394. The molecule has 22 heavy (non-hydrogen) atoms. The molecule has 0 radical (unpaired) electrons. The van der Waals surface area contributed by atoms with Gasteiger partial charge in [-0.3, -0.25) is 4.79 Å². The number of hydrogen-bond acceptors (Lipinski definition) is 7.